The molecule has 0 atom stereocenters. The number of oxime groups is 1. The van der Waals surface area contributed by atoms with Crippen LogP contribution < -0.4 is 5.73 Å². The standard InChI is InChI=1S/C20H16N4O/c21-20-22-17-12-11-15(19(23-25)14-7-3-1-4-8-14)13-18(17)24(20)16-9-5-2-6-10-16/h1-13,25H,(H2,21,22). The third-order valence-corrected chi connectivity index (χ3v) is 4.12. The summed E-state index contributed by atoms with van der Waals surface area (Å²) < 4.78 is 1.89. The summed E-state index contributed by atoms with van der Waals surface area (Å²) in [5, 5.41) is 13.0. The van der Waals surface area contributed by atoms with Crippen LogP contribution in [0.25, 0.3) is 16.7 Å². The molecule has 0 bridgehead atoms. The number of rotatable bonds is 3. The Bertz CT molecular complexity index is 1050. The van der Waals surface area contributed by atoms with E-state index in [1.807, 2.05) is 83.4 Å². The summed E-state index contributed by atoms with van der Waals surface area (Å²) in [6, 6.07) is 25.1. The average Bonchev–Trinajstić information content (AvgIpc) is 2.99. The van der Waals surface area contributed by atoms with Crippen molar-refractivity contribution < 1.29 is 5.21 Å². The van der Waals surface area contributed by atoms with Crippen LogP contribution in [0.4, 0.5) is 5.95 Å². The number of aromatic nitrogens is 2. The van der Waals surface area contributed by atoms with Crippen molar-refractivity contribution in [1.29, 1.82) is 0 Å². The van der Waals surface area contributed by atoms with Gasteiger partial charge in [-0.3, -0.25) is 4.57 Å². The number of fused-ring (bicyclic) bond motifs is 1. The monoisotopic (exact) mass is 328 g/mol. The smallest absolute Gasteiger partial charge is 0.205 e. The van der Waals surface area contributed by atoms with Crippen LogP contribution in [0.15, 0.2) is 84.0 Å². The van der Waals surface area contributed by atoms with Crippen molar-refractivity contribution in [2.45, 2.75) is 0 Å². The van der Waals surface area contributed by atoms with Crippen molar-refractivity contribution >= 4 is 22.7 Å². The number of anilines is 1. The number of benzene rings is 3. The van der Waals surface area contributed by atoms with Crippen molar-refractivity contribution in [1.82, 2.24) is 9.55 Å². The Balaban J connectivity index is 1.91. The van der Waals surface area contributed by atoms with E-state index in [1.54, 1.807) is 0 Å². The lowest BCUT2D eigenvalue weighted by Gasteiger charge is -2.08. The maximum Gasteiger partial charge on any atom is 0.205 e. The molecule has 4 aromatic rings. The highest BCUT2D eigenvalue weighted by Crippen LogP contribution is 2.25. The van der Waals surface area contributed by atoms with Crippen LogP contribution in [0.3, 0.4) is 0 Å². The van der Waals surface area contributed by atoms with Gasteiger partial charge in [0.15, 0.2) is 0 Å². The summed E-state index contributed by atoms with van der Waals surface area (Å²) in [5.41, 5.74) is 10.8. The highest BCUT2D eigenvalue weighted by atomic mass is 16.4. The minimum absolute atomic E-state index is 0.417. The van der Waals surface area contributed by atoms with Crippen molar-refractivity contribution in [3.05, 3.63) is 90.0 Å². The highest BCUT2D eigenvalue weighted by Gasteiger charge is 2.14. The molecule has 0 fully saturated rings. The first-order chi connectivity index (χ1) is 12.3. The summed E-state index contributed by atoms with van der Waals surface area (Å²) in [4.78, 5) is 4.43. The molecule has 0 aliphatic rings. The molecule has 25 heavy (non-hydrogen) atoms. The molecular weight excluding hydrogens is 312 g/mol. The Labute approximate surface area is 144 Å². The largest absolute Gasteiger partial charge is 0.410 e. The average molecular weight is 328 g/mol. The first-order valence-electron chi connectivity index (χ1n) is 7.89. The first-order valence-corrected chi connectivity index (χ1v) is 7.89. The van der Waals surface area contributed by atoms with Gasteiger partial charge in [0.05, 0.1) is 11.0 Å². The molecule has 0 spiro atoms. The second-order valence-electron chi connectivity index (χ2n) is 5.66. The lowest BCUT2D eigenvalue weighted by molar-refractivity contribution is 0.319. The first kappa shape index (κ1) is 15.0. The van der Waals surface area contributed by atoms with E-state index in [9.17, 15) is 5.21 Å². The van der Waals surface area contributed by atoms with Crippen LogP contribution in [0.2, 0.25) is 0 Å². The van der Waals surface area contributed by atoms with E-state index < -0.39 is 0 Å². The number of nitrogen functional groups attached to an aromatic ring is 1. The predicted octanol–water partition coefficient (Wildman–Crippen LogP) is 3.83. The van der Waals surface area contributed by atoms with Gasteiger partial charge in [0.2, 0.25) is 5.95 Å². The van der Waals surface area contributed by atoms with Crippen LogP contribution in [0.1, 0.15) is 11.1 Å². The van der Waals surface area contributed by atoms with Gasteiger partial charge in [-0.1, -0.05) is 59.8 Å². The molecule has 0 aliphatic heterocycles. The molecule has 0 unspecified atom stereocenters. The van der Waals surface area contributed by atoms with Gasteiger partial charge >= 0.3 is 0 Å². The fraction of sp³-hybridized carbons (Fsp3) is 0. The maximum atomic E-state index is 9.54. The number of nitrogens with two attached hydrogens (primary N) is 1. The van der Waals surface area contributed by atoms with Crippen LogP contribution in [0.5, 0.6) is 0 Å². The number of nitrogens with zero attached hydrogens (tertiary/aromatic N) is 3. The van der Waals surface area contributed by atoms with Gasteiger partial charge in [-0.05, 0) is 24.3 Å². The number of hydrogen-bond donors (Lipinski definition) is 2. The van der Waals surface area contributed by atoms with Crippen LogP contribution in [0, 0.1) is 0 Å². The fourth-order valence-corrected chi connectivity index (χ4v) is 2.97. The summed E-state index contributed by atoms with van der Waals surface area (Å²) in [7, 11) is 0. The van der Waals surface area contributed by atoms with Gasteiger partial charge in [-0.15, -0.1) is 0 Å². The minimum Gasteiger partial charge on any atom is -0.410 e. The lowest BCUT2D eigenvalue weighted by Crippen LogP contribution is -2.04. The molecule has 3 aromatic carbocycles. The molecule has 4 rings (SSSR count). The molecule has 0 saturated carbocycles. The van der Waals surface area contributed by atoms with E-state index >= 15 is 0 Å². The minimum atomic E-state index is 0.417. The zero-order valence-corrected chi connectivity index (χ0v) is 13.4. The summed E-state index contributed by atoms with van der Waals surface area (Å²) >= 11 is 0. The van der Waals surface area contributed by atoms with E-state index in [0.717, 1.165) is 27.8 Å². The Kier molecular flexibility index (Phi) is 3.67. The maximum absolute atomic E-state index is 9.54. The molecular formula is C20H16N4O. The summed E-state index contributed by atoms with van der Waals surface area (Å²) in [6.45, 7) is 0. The molecule has 5 heteroatoms. The van der Waals surface area contributed by atoms with Crippen molar-refractivity contribution in [3.63, 3.8) is 0 Å². The molecule has 0 amide bonds. The van der Waals surface area contributed by atoms with Crippen LogP contribution >= 0.6 is 0 Å². The Morgan fingerprint density at radius 3 is 2.24 bits per heavy atom. The quantitative estimate of drug-likeness (QED) is 0.341. The third kappa shape index (κ3) is 2.61. The molecule has 122 valence electrons. The summed E-state index contributed by atoms with van der Waals surface area (Å²) in [6.07, 6.45) is 0. The second kappa shape index (κ2) is 6.13. The zero-order chi connectivity index (χ0) is 17.2. The van der Waals surface area contributed by atoms with Gasteiger partial charge in [-0.2, -0.15) is 0 Å². The van der Waals surface area contributed by atoms with E-state index in [-0.39, 0.29) is 0 Å². The molecule has 0 radical (unpaired) electrons. The highest BCUT2D eigenvalue weighted by molar-refractivity contribution is 6.13. The van der Waals surface area contributed by atoms with Crippen molar-refractivity contribution in [2.75, 3.05) is 5.73 Å². The van der Waals surface area contributed by atoms with Crippen molar-refractivity contribution in [3.8, 4) is 5.69 Å². The molecule has 0 saturated heterocycles. The van der Waals surface area contributed by atoms with E-state index in [2.05, 4.69) is 10.1 Å². The second-order valence-corrected chi connectivity index (χ2v) is 5.66. The number of hydrogen-bond acceptors (Lipinski definition) is 4. The van der Waals surface area contributed by atoms with E-state index in [4.69, 9.17) is 5.73 Å². The van der Waals surface area contributed by atoms with Crippen molar-refractivity contribution in [2.24, 2.45) is 5.16 Å². The Morgan fingerprint density at radius 2 is 1.56 bits per heavy atom. The number of imidazole rings is 1. The molecule has 5 nitrogen and oxygen atoms in total. The zero-order valence-electron chi connectivity index (χ0n) is 13.4. The predicted molar refractivity (Wildman–Crippen MR) is 99.3 cm³/mol. The number of para-hydroxylation sites is 1. The topological polar surface area (TPSA) is 76.4 Å². The lowest BCUT2D eigenvalue weighted by atomic mass is 10.0. The van der Waals surface area contributed by atoms with E-state index in [1.165, 1.54) is 0 Å². The SMILES string of the molecule is Nc1nc2ccc(C(=NO)c3ccccc3)cc2n1-c1ccccc1. The summed E-state index contributed by atoms with van der Waals surface area (Å²) in [5.74, 6) is 0.417. The Hall–Kier alpha value is -3.60. The van der Waals surface area contributed by atoms with Gasteiger partial charge in [0.25, 0.3) is 0 Å². The van der Waals surface area contributed by atoms with Gasteiger partial charge < -0.3 is 10.9 Å². The van der Waals surface area contributed by atoms with Gasteiger partial charge in [0.1, 0.15) is 5.71 Å². The molecule has 1 heterocycles. The molecule has 3 N–H and O–H groups in total. The van der Waals surface area contributed by atoms with E-state index in [0.29, 0.717) is 11.7 Å². The van der Waals surface area contributed by atoms with Crippen LogP contribution in [-0.4, -0.2) is 20.5 Å². The fourth-order valence-electron chi connectivity index (χ4n) is 2.97. The Morgan fingerprint density at radius 1 is 0.880 bits per heavy atom. The van der Waals surface area contributed by atoms with Gasteiger partial charge in [0, 0.05) is 16.8 Å². The molecule has 1 aromatic heterocycles. The third-order valence-electron chi connectivity index (χ3n) is 4.12. The molecule has 0 aliphatic carbocycles. The van der Waals surface area contributed by atoms with Crippen LogP contribution in [-0.2, 0) is 0 Å². The normalized spacial score (nSPS) is 11.8. The van der Waals surface area contributed by atoms with Gasteiger partial charge in [-0.25, -0.2) is 4.98 Å².